The van der Waals surface area contributed by atoms with E-state index in [1.54, 1.807) is 51.3 Å². The van der Waals surface area contributed by atoms with Gasteiger partial charge in [0.2, 0.25) is 0 Å². The summed E-state index contributed by atoms with van der Waals surface area (Å²) in [5, 5.41) is 11.3. The Bertz CT molecular complexity index is 1240. The van der Waals surface area contributed by atoms with Gasteiger partial charge in [0, 0.05) is 16.4 Å². The molecule has 0 aliphatic carbocycles. The van der Waals surface area contributed by atoms with Crippen molar-refractivity contribution in [2.45, 2.75) is 19.8 Å². The molecule has 0 spiro atoms. The third kappa shape index (κ3) is 3.59. The quantitative estimate of drug-likeness (QED) is 0.368. The molecule has 0 fully saturated rings. The molecule has 0 unspecified atom stereocenters. The normalized spacial score (nSPS) is 11.0. The first-order valence-corrected chi connectivity index (χ1v) is 9.26. The zero-order valence-electron chi connectivity index (χ0n) is 16.4. The maximum atomic E-state index is 12.5. The van der Waals surface area contributed by atoms with Gasteiger partial charge in [0.25, 0.3) is 11.1 Å². The number of hydrogen-bond donors (Lipinski definition) is 4. The molecule has 0 saturated heterocycles. The minimum Gasteiger partial charge on any atom is -0.496 e. The number of aryl methyl sites for hydroxylation is 2. The van der Waals surface area contributed by atoms with Gasteiger partial charge >= 0.3 is 0 Å². The fraction of sp³-hybridized carbons (Fsp3) is 0.200. The van der Waals surface area contributed by atoms with E-state index < -0.39 is 5.92 Å². The predicted molar refractivity (Wildman–Crippen MR) is 116 cm³/mol. The van der Waals surface area contributed by atoms with Crippen molar-refractivity contribution in [3.8, 4) is 17.1 Å². The van der Waals surface area contributed by atoms with Gasteiger partial charge in [0.15, 0.2) is 0 Å². The molecule has 4 N–H and O–H groups in total. The van der Waals surface area contributed by atoms with E-state index in [2.05, 4.69) is 20.4 Å². The van der Waals surface area contributed by atoms with Crippen LogP contribution in [0.15, 0.2) is 44.3 Å². The number of furan rings is 1. The van der Waals surface area contributed by atoms with Crippen molar-refractivity contribution in [2.24, 2.45) is 0 Å². The molecular formula is C20H20Cl2N4O4. The molecule has 4 aromatic rings. The molecule has 4 rings (SSSR count). The molecule has 30 heavy (non-hydrogen) atoms. The molecule has 3 aromatic heterocycles. The van der Waals surface area contributed by atoms with Gasteiger partial charge in [-0.05, 0) is 44.2 Å². The molecule has 1 aromatic carbocycles. The Morgan fingerprint density at radius 2 is 1.53 bits per heavy atom. The van der Waals surface area contributed by atoms with Crippen LogP contribution in [-0.4, -0.2) is 27.5 Å². The number of methoxy groups -OCH3 is 1. The third-order valence-corrected chi connectivity index (χ3v) is 5.18. The van der Waals surface area contributed by atoms with E-state index in [1.807, 2.05) is 0 Å². The van der Waals surface area contributed by atoms with E-state index in [9.17, 15) is 9.59 Å². The van der Waals surface area contributed by atoms with Gasteiger partial charge in [-0.3, -0.25) is 19.8 Å². The van der Waals surface area contributed by atoms with Crippen LogP contribution in [0, 0.1) is 13.8 Å². The minimum atomic E-state index is -0.695. The highest BCUT2D eigenvalue weighted by atomic mass is 35.5. The molecule has 0 bridgehead atoms. The first-order valence-electron chi connectivity index (χ1n) is 8.88. The Balaban J connectivity index is 0.00000256. The molecule has 0 aliphatic rings. The summed E-state index contributed by atoms with van der Waals surface area (Å²) in [6, 6.07) is 8.73. The van der Waals surface area contributed by atoms with E-state index in [0.717, 1.165) is 0 Å². The topological polar surface area (TPSA) is 120 Å². The van der Waals surface area contributed by atoms with Crippen molar-refractivity contribution in [2.75, 3.05) is 7.11 Å². The Hall–Kier alpha value is -3.10. The van der Waals surface area contributed by atoms with Crippen molar-refractivity contribution < 1.29 is 9.15 Å². The average molecular weight is 451 g/mol. The Kier molecular flexibility index (Phi) is 6.00. The van der Waals surface area contributed by atoms with Crippen LogP contribution in [0.25, 0.3) is 11.3 Å². The number of ether oxygens (including phenoxy) is 1. The van der Waals surface area contributed by atoms with Crippen molar-refractivity contribution in [1.29, 1.82) is 0 Å². The number of benzene rings is 1. The van der Waals surface area contributed by atoms with E-state index in [1.165, 1.54) is 0 Å². The zero-order valence-corrected chi connectivity index (χ0v) is 18.0. The SMILES string of the molecule is COc1ccc(Cl)cc1-c1ccc(C(c2c(C)[nH][nH]c2=O)c2c(C)[nH][nH]c2=O)o1.Cl. The largest absolute Gasteiger partial charge is 0.496 e. The van der Waals surface area contributed by atoms with Crippen molar-refractivity contribution in [1.82, 2.24) is 20.4 Å². The molecule has 0 saturated carbocycles. The molecule has 0 amide bonds. The van der Waals surface area contributed by atoms with Crippen LogP contribution < -0.4 is 15.9 Å². The van der Waals surface area contributed by atoms with Gasteiger partial charge < -0.3 is 19.4 Å². The van der Waals surface area contributed by atoms with Crippen molar-refractivity contribution in [3.63, 3.8) is 0 Å². The highest BCUT2D eigenvalue weighted by Gasteiger charge is 2.31. The second-order valence-corrected chi connectivity index (χ2v) is 7.15. The molecule has 8 nitrogen and oxygen atoms in total. The van der Waals surface area contributed by atoms with Gasteiger partial charge in [-0.2, -0.15) is 0 Å². The summed E-state index contributed by atoms with van der Waals surface area (Å²) < 4.78 is 11.5. The lowest BCUT2D eigenvalue weighted by Crippen LogP contribution is -2.19. The van der Waals surface area contributed by atoms with Crippen LogP contribution >= 0.6 is 24.0 Å². The Morgan fingerprint density at radius 3 is 2.03 bits per heavy atom. The smallest absolute Gasteiger partial charge is 0.268 e. The summed E-state index contributed by atoms with van der Waals surface area (Å²) in [6.45, 7) is 3.53. The van der Waals surface area contributed by atoms with Gasteiger partial charge in [0.1, 0.15) is 17.3 Å². The highest BCUT2D eigenvalue weighted by Crippen LogP contribution is 2.38. The number of aromatic nitrogens is 4. The summed E-state index contributed by atoms with van der Waals surface area (Å²) >= 11 is 6.14. The molecule has 0 radical (unpaired) electrons. The van der Waals surface area contributed by atoms with E-state index in [4.69, 9.17) is 20.8 Å². The van der Waals surface area contributed by atoms with Crippen LogP contribution in [0.1, 0.15) is 34.2 Å². The van der Waals surface area contributed by atoms with E-state index >= 15 is 0 Å². The number of rotatable bonds is 5. The number of halogens is 2. The Morgan fingerprint density at radius 1 is 0.933 bits per heavy atom. The fourth-order valence-electron chi connectivity index (χ4n) is 3.56. The maximum Gasteiger partial charge on any atom is 0.268 e. The number of hydrogen-bond acceptors (Lipinski definition) is 4. The second kappa shape index (κ2) is 8.33. The van der Waals surface area contributed by atoms with Gasteiger partial charge in [0.05, 0.1) is 29.7 Å². The van der Waals surface area contributed by atoms with Crippen molar-refractivity contribution >= 4 is 24.0 Å². The Labute approximate surface area is 182 Å². The number of nitrogens with one attached hydrogen (secondary N) is 4. The van der Waals surface area contributed by atoms with E-state index in [0.29, 0.717) is 50.4 Å². The van der Waals surface area contributed by atoms with Gasteiger partial charge in [-0.15, -0.1) is 12.4 Å². The number of aromatic amines is 4. The third-order valence-electron chi connectivity index (χ3n) is 4.94. The first-order chi connectivity index (χ1) is 13.9. The van der Waals surface area contributed by atoms with E-state index in [-0.39, 0.29) is 23.5 Å². The van der Waals surface area contributed by atoms with Crippen LogP contribution in [0.4, 0.5) is 0 Å². The molecule has 158 valence electrons. The molecule has 0 aliphatic heterocycles. The summed E-state index contributed by atoms with van der Waals surface area (Å²) in [5.74, 6) is 0.860. The first kappa shape index (κ1) is 21.6. The second-order valence-electron chi connectivity index (χ2n) is 6.72. The molecule has 0 atom stereocenters. The standard InChI is InChI=1S/C20H19ClN4O4.ClH/c1-9-16(19(26)24-22-9)18(17-10(2)23-25-20(17)27)15-7-6-14(29-15)12-8-11(21)4-5-13(12)28-3;/h4-8,18H,1-3H3,(H2,22,24,26)(H2,23,25,27);1H. The summed E-state index contributed by atoms with van der Waals surface area (Å²) in [7, 11) is 1.56. The van der Waals surface area contributed by atoms with Crippen molar-refractivity contribution in [3.05, 3.63) is 84.3 Å². The lowest BCUT2D eigenvalue weighted by molar-refractivity contribution is 0.414. The summed E-state index contributed by atoms with van der Waals surface area (Å²) in [5.41, 5.74) is 2.12. The summed E-state index contributed by atoms with van der Waals surface area (Å²) in [4.78, 5) is 25.0. The fourth-order valence-corrected chi connectivity index (χ4v) is 3.73. The predicted octanol–water partition coefficient (Wildman–Crippen LogP) is 3.86. The van der Waals surface area contributed by atoms with Crippen LogP contribution in [0.2, 0.25) is 5.02 Å². The van der Waals surface area contributed by atoms with Gasteiger partial charge in [-0.1, -0.05) is 11.6 Å². The number of H-pyrrole nitrogens is 4. The molecule has 3 heterocycles. The van der Waals surface area contributed by atoms with Crippen LogP contribution in [0.3, 0.4) is 0 Å². The summed E-state index contributed by atoms with van der Waals surface area (Å²) in [6.07, 6.45) is 0. The van der Waals surface area contributed by atoms with Crippen LogP contribution in [-0.2, 0) is 0 Å². The lowest BCUT2D eigenvalue weighted by Gasteiger charge is -2.13. The minimum absolute atomic E-state index is 0. The zero-order chi connectivity index (χ0) is 20.7. The van der Waals surface area contributed by atoms with Gasteiger partial charge in [-0.25, -0.2) is 0 Å². The monoisotopic (exact) mass is 450 g/mol. The highest BCUT2D eigenvalue weighted by molar-refractivity contribution is 6.30. The molecular weight excluding hydrogens is 431 g/mol. The molecule has 10 heteroatoms. The average Bonchev–Trinajstić information content (AvgIpc) is 3.39. The van der Waals surface area contributed by atoms with Crippen LogP contribution in [0.5, 0.6) is 5.75 Å². The lowest BCUT2D eigenvalue weighted by atomic mass is 9.89. The maximum absolute atomic E-state index is 12.5.